The Morgan fingerprint density at radius 1 is 1.07 bits per heavy atom. The second-order valence-corrected chi connectivity index (χ2v) is 5.75. The molecule has 0 saturated carbocycles. The predicted octanol–water partition coefficient (Wildman–Crippen LogP) is 4.73. The van der Waals surface area contributed by atoms with Crippen LogP contribution in [0.2, 0.25) is 0 Å². The van der Waals surface area contributed by atoms with Gasteiger partial charge in [0.05, 0.1) is 0 Å². The lowest BCUT2D eigenvalue weighted by atomic mass is 9.96. The van der Waals surface area contributed by atoms with Gasteiger partial charge < -0.3 is 0 Å². The fourth-order valence-electron chi connectivity index (χ4n) is 1.73. The molecule has 0 spiro atoms. The third-order valence-corrected chi connectivity index (χ3v) is 3.24. The highest BCUT2D eigenvalue weighted by molar-refractivity contribution is 7.98. The molecule has 0 amide bonds. The van der Waals surface area contributed by atoms with E-state index in [1.54, 1.807) is 0 Å². The summed E-state index contributed by atoms with van der Waals surface area (Å²) in [5.74, 6) is 1.37. The monoisotopic (exact) mass is 222 g/mol. The van der Waals surface area contributed by atoms with Crippen LogP contribution < -0.4 is 0 Å². The molecule has 0 atom stereocenters. The Bertz CT molecular complexity index is 313. The van der Waals surface area contributed by atoms with E-state index in [0.29, 0.717) is 5.92 Å². The van der Waals surface area contributed by atoms with Crippen LogP contribution in [0.4, 0.5) is 0 Å². The Morgan fingerprint density at radius 2 is 1.73 bits per heavy atom. The first kappa shape index (κ1) is 12.6. The van der Waals surface area contributed by atoms with Gasteiger partial charge in [0.1, 0.15) is 0 Å². The molecule has 0 bridgehead atoms. The van der Waals surface area contributed by atoms with E-state index in [1.165, 1.54) is 22.4 Å². The van der Waals surface area contributed by atoms with Crippen LogP contribution in [0.15, 0.2) is 23.1 Å². The minimum absolute atomic E-state index is 0.628. The van der Waals surface area contributed by atoms with Gasteiger partial charge in [-0.1, -0.05) is 33.8 Å². The van der Waals surface area contributed by atoms with E-state index in [2.05, 4.69) is 52.1 Å². The minimum atomic E-state index is 0.628. The third-order valence-electron chi connectivity index (χ3n) is 2.53. The van der Waals surface area contributed by atoms with E-state index in [1.807, 2.05) is 11.8 Å². The highest BCUT2D eigenvalue weighted by Crippen LogP contribution is 2.25. The lowest BCUT2D eigenvalue weighted by molar-refractivity contribution is 0.645. The molecular weight excluding hydrogens is 200 g/mol. The smallest absolute Gasteiger partial charge is 0.00747 e. The summed E-state index contributed by atoms with van der Waals surface area (Å²) in [6.07, 6.45) is 3.34. The maximum absolute atomic E-state index is 2.37. The molecule has 1 aromatic rings. The van der Waals surface area contributed by atoms with Crippen LogP contribution in [-0.2, 0) is 6.42 Å². The summed E-state index contributed by atoms with van der Waals surface area (Å²) in [5, 5.41) is 0. The number of thioether (sulfide) groups is 1. The SMILES string of the molecule is CSc1cc(CC(C)C)cc(C(C)C)c1. The second-order valence-electron chi connectivity index (χ2n) is 4.87. The fourth-order valence-corrected chi connectivity index (χ4v) is 2.25. The average Bonchev–Trinajstić information content (AvgIpc) is 2.16. The molecule has 0 unspecified atom stereocenters. The van der Waals surface area contributed by atoms with Crippen molar-refractivity contribution in [3.8, 4) is 0 Å². The molecule has 15 heavy (non-hydrogen) atoms. The van der Waals surface area contributed by atoms with Crippen molar-refractivity contribution < 1.29 is 0 Å². The molecule has 1 aromatic carbocycles. The molecule has 0 nitrogen and oxygen atoms in total. The molecule has 0 aliphatic carbocycles. The van der Waals surface area contributed by atoms with Crippen molar-refractivity contribution in [1.82, 2.24) is 0 Å². The quantitative estimate of drug-likeness (QED) is 0.664. The lowest BCUT2D eigenvalue weighted by Crippen LogP contribution is -1.97. The van der Waals surface area contributed by atoms with Crippen LogP contribution in [0, 0.1) is 5.92 Å². The van der Waals surface area contributed by atoms with E-state index >= 15 is 0 Å². The second kappa shape index (κ2) is 5.60. The summed E-state index contributed by atoms with van der Waals surface area (Å²) in [4.78, 5) is 1.40. The Labute approximate surface area is 98.5 Å². The number of rotatable bonds is 4. The standard InChI is InChI=1S/C14H22S/c1-10(2)6-12-7-13(11(3)4)9-14(8-12)15-5/h7-11H,6H2,1-5H3. The van der Waals surface area contributed by atoms with Crippen molar-refractivity contribution in [2.75, 3.05) is 6.26 Å². The summed E-state index contributed by atoms with van der Waals surface area (Å²) in [6, 6.07) is 7.01. The molecule has 0 aliphatic rings. The van der Waals surface area contributed by atoms with Crippen molar-refractivity contribution in [3.05, 3.63) is 29.3 Å². The first-order chi connectivity index (χ1) is 7.02. The highest BCUT2D eigenvalue weighted by Gasteiger charge is 2.05. The van der Waals surface area contributed by atoms with Gasteiger partial charge in [-0.2, -0.15) is 0 Å². The maximum atomic E-state index is 2.37. The maximum Gasteiger partial charge on any atom is 0.00747 e. The fraction of sp³-hybridized carbons (Fsp3) is 0.571. The van der Waals surface area contributed by atoms with Crippen LogP contribution in [-0.4, -0.2) is 6.26 Å². The van der Waals surface area contributed by atoms with Gasteiger partial charge in [0.15, 0.2) is 0 Å². The van der Waals surface area contributed by atoms with Crippen LogP contribution >= 0.6 is 11.8 Å². The molecule has 0 aromatic heterocycles. The summed E-state index contributed by atoms with van der Waals surface area (Å²) in [7, 11) is 0. The molecule has 0 heterocycles. The van der Waals surface area contributed by atoms with Gasteiger partial charge in [0.2, 0.25) is 0 Å². The summed E-state index contributed by atoms with van der Waals surface area (Å²) >= 11 is 1.84. The summed E-state index contributed by atoms with van der Waals surface area (Å²) in [5.41, 5.74) is 2.96. The van der Waals surface area contributed by atoms with Crippen molar-refractivity contribution in [2.45, 2.75) is 44.9 Å². The topological polar surface area (TPSA) is 0 Å². The van der Waals surface area contributed by atoms with Crippen LogP contribution in [0.1, 0.15) is 44.7 Å². The van der Waals surface area contributed by atoms with E-state index in [9.17, 15) is 0 Å². The molecule has 0 saturated heterocycles. The molecule has 84 valence electrons. The van der Waals surface area contributed by atoms with Crippen LogP contribution in [0.5, 0.6) is 0 Å². The predicted molar refractivity (Wildman–Crippen MR) is 70.9 cm³/mol. The van der Waals surface area contributed by atoms with E-state index < -0.39 is 0 Å². The zero-order valence-electron chi connectivity index (χ0n) is 10.5. The van der Waals surface area contributed by atoms with Gasteiger partial charge >= 0.3 is 0 Å². The zero-order chi connectivity index (χ0) is 11.4. The van der Waals surface area contributed by atoms with Gasteiger partial charge in [-0.05, 0) is 47.8 Å². The Morgan fingerprint density at radius 3 is 2.20 bits per heavy atom. The molecule has 0 radical (unpaired) electrons. The Hall–Kier alpha value is -0.430. The molecular formula is C14H22S. The first-order valence-corrected chi connectivity index (χ1v) is 6.93. The highest BCUT2D eigenvalue weighted by atomic mass is 32.2. The van der Waals surface area contributed by atoms with Crippen molar-refractivity contribution in [3.63, 3.8) is 0 Å². The minimum Gasteiger partial charge on any atom is -0.130 e. The van der Waals surface area contributed by atoms with Crippen LogP contribution in [0.25, 0.3) is 0 Å². The van der Waals surface area contributed by atoms with Gasteiger partial charge in [0, 0.05) is 4.90 Å². The van der Waals surface area contributed by atoms with Crippen molar-refractivity contribution >= 4 is 11.8 Å². The number of benzene rings is 1. The molecule has 0 N–H and O–H groups in total. The van der Waals surface area contributed by atoms with Gasteiger partial charge in [-0.3, -0.25) is 0 Å². The van der Waals surface area contributed by atoms with Gasteiger partial charge in [-0.15, -0.1) is 11.8 Å². The Kier molecular flexibility index (Phi) is 4.72. The molecule has 0 fully saturated rings. The molecule has 1 rings (SSSR count). The average molecular weight is 222 g/mol. The van der Waals surface area contributed by atoms with Crippen molar-refractivity contribution in [1.29, 1.82) is 0 Å². The van der Waals surface area contributed by atoms with E-state index in [-0.39, 0.29) is 0 Å². The summed E-state index contributed by atoms with van der Waals surface area (Å²) < 4.78 is 0. The number of hydrogen-bond acceptors (Lipinski definition) is 1. The van der Waals surface area contributed by atoms with Crippen LogP contribution in [0.3, 0.4) is 0 Å². The molecule has 1 heteroatoms. The van der Waals surface area contributed by atoms with E-state index in [0.717, 1.165) is 5.92 Å². The lowest BCUT2D eigenvalue weighted by Gasteiger charge is -2.12. The first-order valence-electron chi connectivity index (χ1n) is 5.70. The number of hydrogen-bond donors (Lipinski definition) is 0. The van der Waals surface area contributed by atoms with E-state index in [4.69, 9.17) is 0 Å². The summed E-state index contributed by atoms with van der Waals surface area (Å²) in [6.45, 7) is 9.08. The molecule has 0 aliphatic heterocycles. The third kappa shape index (κ3) is 3.90. The van der Waals surface area contributed by atoms with Gasteiger partial charge in [-0.25, -0.2) is 0 Å². The Balaban J connectivity index is 3.00. The van der Waals surface area contributed by atoms with Gasteiger partial charge in [0.25, 0.3) is 0 Å². The largest absolute Gasteiger partial charge is 0.130 e. The zero-order valence-corrected chi connectivity index (χ0v) is 11.3. The normalized spacial score (nSPS) is 11.4. The van der Waals surface area contributed by atoms with Crippen molar-refractivity contribution in [2.24, 2.45) is 5.92 Å².